The maximum absolute atomic E-state index is 4.68. The summed E-state index contributed by atoms with van der Waals surface area (Å²) in [6.07, 6.45) is 14.9. The molecule has 0 fully saturated rings. The third-order valence-electron chi connectivity index (χ3n) is 7.49. The van der Waals surface area contributed by atoms with E-state index in [1.54, 1.807) is 0 Å². The Morgan fingerprint density at radius 3 is 2.31 bits per heavy atom. The summed E-state index contributed by atoms with van der Waals surface area (Å²) in [6.45, 7) is 6.77. The molecule has 1 nitrogen and oxygen atoms in total. The average molecular weight is 520 g/mol. The summed E-state index contributed by atoms with van der Waals surface area (Å²) in [4.78, 5) is 0. The van der Waals surface area contributed by atoms with Gasteiger partial charge in [-0.1, -0.05) is 123 Å². The van der Waals surface area contributed by atoms with Crippen molar-refractivity contribution in [2.75, 3.05) is 5.32 Å². The molecule has 0 saturated heterocycles. The van der Waals surface area contributed by atoms with E-state index in [9.17, 15) is 0 Å². The molecule has 0 amide bonds. The zero-order valence-corrected chi connectivity index (χ0v) is 22.9. The Kier molecular flexibility index (Phi) is 6.78. The molecule has 3 aromatic carbocycles. The fourth-order valence-electron chi connectivity index (χ4n) is 5.64. The van der Waals surface area contributed by atoms with Gasteiger partial charge >= 0.3 is 0 Å². The molecule has 0 saturated carbocycles. The molecule has 1 N–H and O–H groups in total. The second kappa shape index (κ2) is 10.7. The van der Waals surface area contributed by atoms with Gasteiger partial charge in [0, 0.05) is 11.4 Å². The first kappa shape index (κ1) is 24.8. The Balaban J connectivity index is 1.46. The lowest BCUT2D eigenvalue weighted by Gasteiger charge is -2.34. The van der Waals surface area contributed by atoms with Crippen molar-refractivity contribution < 1.29 is 0 Å². The minimum atomic E-state index is -0.624. The van der Waals surface area contributed by atoms with Crippen molar-refractivity contribution >= 4 is 18.5 Å². The van der Waals surface area contributed by atoms with E-state index in [4.69, 9.17) is 0 Å². The van der Waals surface area contributed by atoms with Gasteiger partial charge in [0.25, 0.3) is 0 Å². The number of nitrogens with one attached hydrogen (secondary N) is 1. The minimum Gasteiger partial charge on any atom is -0.356 e. The van der Waals surface area contributed by atoms with E-state index in [1.165, 1.54) is 38.4 Å². The molecule has 1 aliphatic carbocycles. The van der Waals surface area contributed by atoms with E-state index in [2.05, 4.69) is 152 Å². The summed E-state index contributed by atoms with van der Waals surface area (Å²) < 4.78 is 0. The molecule has 188 valence electrons. The van der Waals surface area contributed by atoms with Crippen LogP contribution in [0.1, 0.15) is 17.8 Å². The number of rotatable bonds is 6. The average Bonchev–Trinajstić information content (AvgIpc) is 3.44. The van der Waals surface area contributed by atoms with Crippen molar-refractivity contribution in [3.8, 4) is 11.1 Å². The lowest BCUT2D eigenvalue weighted by Crippen LogP contribution is -2.29. The smallest absolute Gasteiger partial charge is 0.0756 e. The second-order valence-electron chi connectivity index (χ2n) is 9.68. The van der Waals surface area contributed by atoms with E-state index in [-0.39, 0.29) is 0 Å². The largest absolute Gasteiger partial charge is 0.356 e. The second-order valence-corrected chi connectivity index (χ2v) is 11.7. The molecule has 2 heterocycles. The highest BCUT2D eigenvalue weighted by molar-refractivity contribution is 7.62. The van der Waals surface area contributed by atoms with Gasteiger partial charge in [0.2, 0.25) is 0 Å². The first-order valence-electron chi connectivity index (χ1n) is 13.3. The Morgan fingerprint density at radius 2 is 1.56 bits per heavy atom. The third kappa shape index (κ3) is 4.43. The van der Waals surface area contributed by atoms with Gasteiger partial charge in [-0.2, -0.15) is 0 Å². The van der Waals surface area contributed by atoms with Crippen LogP contribution in [0.25, 0.3) is 16.4 Å². The highest BCUT2D eigenvalue weighted by atomic mass is 31.1. The summed E-state index contributed by atoms with van der Waals surface area (Å²) in [5.41, 5.74) is 11.1. The van der Waals surface area contributed by atoms with Crippen LogP contribution in [0.3, 0.4) is 0 Å². The van der Waals surface area contributed by atoms with Crippen LogP contribution < -0.4 is 5.32 Å². The normalized spacial score (nSPS) is 19.7. The van der Waals surface area contributed by atoms with Gasteiger partial charge in [-0.3, -0.25) is 0 Å². The maximum atomic E-state index is 4.68. The maximum Gasteiger partial charge on any atom is 0.0756 e. The van der Waals surface area contributed by atoms with Gasteiger partial charge in [-0.25, -0.2) is 0 Å². The van der Waals surface area contributed by atoms with E-state index in [0.717, 1.165) is 11.4 Å². The monoisotopic (exact) mass is 519 g/mol. The molecule has 2 atom stereocenters. The van der Waals surface area contributed by atoms with Crippen LogP contribution in [0.5, 0.6) is 0 Å². The standard InChI is InChI=1S/C37H30NP/c1-3-33(38-34-24-22-30(23-25-34)29-15-8-6-9-16-29)27-35-28(2)39-26-14-21-36(39)37(35,32-19-12-7-13-20-32)31-17-10-4-5-11-18-31/h3-10,12-27,38H,2H2,1H3/b33-3+,35-27+. The Labute approximate surface area is 232 Å². The van der Waals surface area contributed by atoms with Crippen LogP contribution in [-0.4, -0.2) is 0 Å². The minimum absolute atomic E-state index is 0.434. The molecular formula is C37H30NP. The first-order valence-corrected chi connectivity index (χ1v) is 14.7. The SMILES string of the molecule is C=C1/C(=C\C(=C/C)Nc2ccc(-c3ccccc3)cc2)C(C2=CC=CC=C=C2)(c2ccccc2)c2cccp21. The lowest BCUT2D eigenvalue weighted by molar-refractivity contribution is 0.775. The van der Waals surface area contributed by atoms with Gasteiger partial charge in [-0.15, -0.1) is 5.73 Å². The molecule has 1 aromatic heterocycles. The van der Waals surface area contributed by atoms with Gasteiger partial charge < -0.3 is 5.32 Å². The zero-order valence-electron chi connectivity index (χ0n) is 22.0. The van der Waals surface area contributed by atoms with Crippen molar-refractivity contribution in [1.82, 2.24) is 0 Å². The highest BCUT2D eigenvalue weighted by Gasteiger charge is 2.48. The Bertz CT molecular complexity index is 1700. The molecule has 4 aromatic rings. The summed E-state index contributed by atoms with van der Waals surface area (Å²) in [5.74, 6) is 2.34. The van der Waals surface area contributed by atoms with Crippen LogP contribution in [0, 0.1) is 0 Å². The van der Waals surface area contributed by atoms with Gasteiger partial charge in [0.1, 0.15) is 0 Å². The molecule has 2 unspecified atom stereocenters. The van der Waals surface area contributed by atoms with Crippen LogP contribution in [-0.2, 0) is 5.41 Å². The molecule has 2 heteroatoms. The summed E-state index contributed by atoms with van der Waals surface area (Å²) in [7, 11) is -0.624. The van der Waals surface area contributed by atoms with Gasteiger partial charge in [-0.05, 0) is 81.5 Å². The van der Waals surface area contributed by atoms with Crippen molar-refractivity contribution in [2.45, 2.75) is 12.3 Å². The summed E-state index contributed by atoms with van der Waals surface area (Å²) in [6, 6.07) is 34.5. The van der Waals surface area contributed by atoms with E-state index < -0.39 is 12.9 Å². The highest BCUT2D eigenvalue weighted by Crippen LogP contribution is 2.67. The van der Waals surface area contributed by atoms with Crippen molar-refractivity contribution in [1.29, 1.82) is 0 Å². The summed E-state index contributed by atoms with van der Waals surface area (Å²) in [5, 5.41) is 6.27. The van der Waals surface area contributed by atoms with Gasteiger partial charge in [0.05, 0.1) is 5.41 Å². The number of hydrogen-bond acceptors (Lipinski definition) is 1. The Hall–Kier alpha value is -4.54. The van der Waals surface area contributed by atoms with Crippen molar-refractivity contribution in [2.24, 2.45) is 0 Å². The molecule has 0 spiro atoms. The van der Waals surface area contributed by atoms with E-state index >= 15 is 0 Å². The molecule has 6 rings (SSSR count). The third-order valence-corrected chi connectivity index (χ3v) is 9.78. The Morgan fingerprint density at radius 1 is 0.846 bits per heavy atom. The quantitative estimate of drug-likeness (QED) is 0.250. The zero-order chi connectivity index (χ0) is 26.7. The number of hydrogen-bond donors (Lipinski definition) is 1. The fraction of sp³-hybridized carbons (Fsp3) is 0.0541. The van der Waals surface area contributed by atoms with Crippen LogP contribution in [0.4, 0.5) is 5.69 Å². The number of fused-ring (bicyclic) bond motifs is 1. The predicted molar refractivity (Wildman–Crippen MR) is 169 cm³/mol. The lowest BCUT2D eigenvalue weighted by atomic mass is 9.67. The number of anilines is 1. The molecular weight excluding hydrogens is 489 g/mol. The van der Waals surface area contributed by atoms with Crippen LogP contribution in [0.2, 0.25) is 0 Å². The molecule has 1 aliphatic heterocycles. The van der Waals surface area contributed by atoms with E-state index in [1.807, 2.05) is 18.2 Å². The van der Waals surface area contributed by atoms with Crippen LogP contribution in [0.15, 0.2) is 175 Å². The molecule has 39 heavy (non-hydrogen) atoms. The van der Waals surface area contributed by atoms with Crippen molar-refractivity contribution in [3.63, 3.8) is 0 Å². The van der Waals surface area contributed by atoms with Crippen LogP contribution >= 0.6 is 7.53 Å². The summed E-state index contributed by atoms with van der Waals surface area (Å²) >= 11 is 0. The molecule has 0 bridgehead atoms. The van der Waals surface area contributed by atoms with Crippen molar-refractivity contribution in [3.05, 3.63) is 185 Å². The van der Waals surface area contributed by atoms with E-state index in [0.29, 0.717) is 0 Å². The topological polar surface area (TPSA) is 12.0 Å². The molecule has 2 aliphatic rings. The fourth-order valence-corrected chi connectivity index (χ4v) is 8.01. The van der Waals surface area contributed by atoms with Gasteiger partial charge in [0.15, 0.2) is 0 Å². The first-order chi connectivity index (χ1) is 19.2. The number of benzene rings is 3. The predicted octanol–water partition coefficient (Wildman–Crippen LogP) is 10.3. The molecule has 0 radical (unpaired) electrons. The number of allylic oxidation sites excluding steroid dienone is 9.